The quantitative estimate of drug-likeness (QED) is 0.770. The first kappa shape index (κ1) is 16.9. The topological polar surface area (TPSA) is 24.5 Å². The Labute approximate surface area is 120 Å². The van der Waals surface area contributed by atoms with Crippen molar-refractivity contribution in [1.29, 1.82) is 0 Å². The monoisotopic (exact) mass is 270 g/mol. The van der Waals surface area contributed by atoms with Crippen LogP contribution in [0, 0.1) is 11.3 Å². The van der Waals surface area contributed by atoms with Crippen molar-refractivity contribution in [3.63, 3.8) is 0 Å². The van der Waals surface area contributed by atoms with Gasteiger partial charge < -0.3 is 15.0 Å². The summed E-state index contributed by atoms with van der Waals surface area (Å²) in [5.41, 5.74) is 0.507. The molecule has 1 rings (SSSR count). The number of rotatable bonds is 7. The first-order chi connectivity index (χ1) is 8.84. The second-order valence-corrected chi connectivity index (χ2v) is 7.24. The van der Waals surface area contributed by atoms with Gasteiger partial charge in [-0.2, -0.15) is 0 Å². The normalized spacial score (nSPS) is 27.2. The van der Waals surface area contributed by atoms with Crippen LogP contribution in [-0.4, -0.2) is 50.8 Å². The molecule has 1 aliphatic rings. The fourth-order valence-corrected chi connectivity index (χ4v) is 3.24. The molecule has 0 spiro atoms. The third kappa shape index (κ3) is 6.24. The Morgan fingerprint density at radius 2 is 2.05 bits per heavy atom. The van der Waals surface area contributed by atoms with E-state index in [1.807, 2.05) is 0 Å². The lowest BCUT2D eigenvalue weighted by atomic mass is 9.70. The van der Waals surface area contributed by atoms with E-state index in [0.717, 1.165) is 19.1 Å². The first-order valence-corrected chi connectivity index (χ1v) is 7.81. The van der Waals surface area contributed by atoms with Gasteiger partial charge in [-0.05, 0) is 58.5 Å². The number of ether oxygens (including phenoxy) is 1. The number of nitrogens with one attached hydrogen (secondary N) is 1. The zero-order chi connectivity index (χ0) is 14.5. The van der Waals surface area contributed by atoms with Gasteiger partial charge in [-0.25, -0.2) is 0 Å². The minimum Gasteiger partial charge on any atom is -0.377 e. The molecule has 1 aliphatic carbocycles. The number of hydrogen-bond donors (Lipinski definition) is 1. The minimum atomic E-state index is 0.340. The van der Waals surface area contributed by atoms with Gasteiger partial charge in [0.15, 0.2) is 0 Å². The molecule has 0 amide bonds. The van der Waals surface area contributed by atoms with Gasteiger partial charge in [-0.3, -0.25) is 0 Å². The van der Waals surface area contributed by atoms with E-state index in [1.165, 1.54) is 25.8 Å². The van der Waals surface area contributed by atoms with Gasteiger partial charge in [0.05, 0.1) is 12.7 Å². The Balaban J connectivity index is 2.38. The lowest BCUT2D eigenvalue weighted by Gasteiger charge is -2.42. The molecule has 0 aromatic rings. The Morgan fingerprint density at radius 1 is 1.37 bits per heavy atom. The fourth-order valence-electron chi connectivity index (χ4n) is 3.24. The zero-order valence-corrected chi connectivity index (χ0v) is 13.8. The molecule has 19 heavy (non-hydrogen) atoms. The smallest absolute Gasteiger partial charge is 0.0596 e. The molecule has 0 aromatic carbocycles. The Hall–Kier alpha value is -0.120. The number of hydrogen-bond acceptors (Lipinski definition) is 3. The van der Waals surface area contributed by atoms with Gasteiger partial charge in [-0.15, -0.1) is 0 Å². The number of nitrogens with zero attached hydrogens (tertiary/aromatic N) is 1. The molecule has 0 heterocycles. The van der Waals surface area contributed by atoms with E-state index < -0.39 is 0 Å². The molecule has 114 valence electrons. The van der Waals surface area contributed by atoms with Crippen LogP contribution in [0.3, 0.4) is 0 Å². The van der Waals surface area contributed by atoms with Crippen LogP contribution in [0.4, 0.5) is 0 Å². The molecule has 1 N–H and O–H groups in total. The van der Waals surface area contributed by atoms with Crippen LogP contribution in [0.1, 0.15) is 47.0 Å². The fraction of sp³-hybridized carbons (Fsp3) is 1.00. The summed E-state index contributed by atoms with van der Waals surface area (Å²) in [5.74, 6) is 0.762. The summed E-state index contributed by atoms with van der Waals surface area (Å²) in [5, 5.41) is 3.51. The van der Waals surface area contributed by atoms with Gasteiger partial charge in [0.2, 0.25) is 0 Å². The van der Waals surface area contributed by atoms with Crippen LogP contribution in [0.2, 0.25) is 0 Å². The van der Waals surface area contributed by atoms with E-state index >= 15 is 0 Å². The Bertz CT molecular complexity index is 253. The Kier molecular flexibility index (Phi) is 6.78. The predicted octanol–water partition coefficient (Wildman–Crippen LogP) is 2.76. The SMILES string of the molecule is CNC1CCC(C)(C)CC1CN(C)CCOC(C)C. The molecule has 0 aromatic heterocycles. The van der Waals surface area contributed by atoms with Crippen molar-refractivity contribution in [2.24, 2.45) is 11.3 Å². The van der Waals surface area contributed by atoms with E-state index in [9.17, 15) is 0 Å². The highest BCUT2D eigenvalue weighted by atomic mass is 16.5. The highest BCUT2D eigenvalue weighted by Gasteiger charge is 2.34. The molecule has 0 saturated heterocycles. The van der Waals surface area contributed by atoms with Gasteiger partial charge in [0.25, 0.3) is 0 Å². The molecule has 2 atom stereocenters. The van der Waals surface area contributed by atoms with Gasteiger partial charge >= 0.3 is 0 Å². The van der Waals surface area contributed by atoms with Crippen LogP contribution in [0.15, 0.2) is 0 Å². The van der Waals surface area contributed by atoms with Gasteiger partial charge in [0.1, 0.15) is 0 Å². The van der Waals surface area contributed by atoms with Crippen molar-refractivity contribution in [3.05, 3.63) is 0 Å². The summed E-state index contributed by atoms with van der Waals surface area (Å²) in [6, 6.07) is 0.682. The van der Waals surface area contributed by atoms with E-state index in [2.05, 4.69) is 52.0 Å². The molecule has 1 saturated carbocycles. The van der Waals surface area contributed by atoms with Crippen LogP contribution in [-0.2, 0) is 4.74 Å². The van der Waals surface area contributed by atoms with Crippen molar-refractivity contribution in [1.82, 2.24) is 10.2 Å². The van der Waals surface area contributed by atoms with Crippen molar-refractivity contribution < 1.29 is 4.74 Å². The summed E-state index contributed by atoms with van der Waals surface area (Å²) in [4.78, 5) is 2.43. The standard InChI is InChI=1S/C16H34N2O/c1-13(2)19-10-9-18(6)12-14-11-16(3,4)8-7-15(14)17-5/h13-15,17H,7-12H2,1-6H3. The van der Waals surface area contributed by atoms with Crippen LogP contribution < -0.4 is 5.32 Å². The van der Waals surface area contributed by atoms with Crippen LogP contribution in [0.25, 0.3) is 0 Å². The maximum atomic E-state index is 5.64. The molecule has 0 aliphatic heterocycles. The van der Waals surface area contributed by atoms with Crippen molar-refractivity contribution >= 4 is 0 Å². The molecular weight excluding hydrogens is 236 g/mol. The molecule has 0 bridgehead atoms. The Morgan fingerprint density at radius 3 is 2.63 bits per heavy atom. The third-order valence-corrected chi connectivity index (χ3v) is 4.36. The summed E-state index contributed by atoms with van der Waals surface area (Å²) in [6.07, 6.45) is 4.32. The summed E-state index contributed by atoms with van der Waals surface area (Å²) < 4.78 is 5.64. The second kappa shape index (κ2) is 7.61. The maximum absolute atomic E-state index is 5.64. The second-order valence-electron chi connectivity index (χ2n) is 7.24. The predicted molar refractivity (Wildman–Crippen MR) is 82.6 cm³/mol. The van der Waals surface area contributed by atoms with Crippen molar-refractivity contribution in [2.75, 3.05) is 33.8 Å². The van der Waals surface area contributed by atoms with Crippen LogP contribution in [0.5, 0.6) is 0 Å². The summed E-state index contributed by atoms with van der Waals surface area (Å²) >= 11 is 0. The largest absolute Gasteiger partial charge is 0.377 e. The molecular formula is C16H34N2O. The summed E-state index contributed by atoms with van der Waals surface area (Å²) in [6.45, 7) is 12.1. The third-order valence-electron chi connectivity index (χ3n) is 4.36. The molecule has 3 nitrogen and oxygen atoms in total. The van der Waals surface area contributed by atoms with E-state index in [0.29, 0.717) is 17.6 Å². The van der Waals surface area contributed by atoms with E-state index in [-0.39, 0.29) is 0 Å². The lowest BCUT2D eigenvalue weighted by Crippen LogP contribution is -2.46. The average Bonchev–Trinajstić information content (AvgIpc) is 2.27. The molecule has 1 fully saturated rings. The van der Waals surface area contributed by atoms with Gasteiger partial charge in [0, 0.05) is 19.1 Å². The first-order valence-electron chi connectivity index (χ1n) is 7.81. The highest BCUT2D eigenvalue weighted by molar-refractivity contribution is 4.89. The minimum absolute atomic E-state index is 0.340. The maximum Gasteiger partial charge on any atom is 0.0596 e. The highest BCUT2D eigenvalue weighted by Crippen LogP contribution is 2.38. The summed E-state index contributed by atoms with van der Waals surface area (Å²) in [7, 11) is 4.33. The van der Waals surface area contributed by atoms with Crippen LogP contribution >= 0.6 is 0 Å². The molecule has 3 heteroatoms. The molecule has 0 radical (unpaired) electrons. The van der Waals surface area contributed by atoms with E-state index in [4.69, 9.17) is 4.74 Å². The van der Waals surface area contributed by atoms with Gasteiger partial charge in [-0.1, -0.05) is 13.8 Å². The number of likely N-dealkylation sites (N-methyl/N-ethyl adjacent to an activating group) is 1. The van der Waals surface area contributed by atoms with Crippen molar-refractivity contribution in [2.45, 2.75) is 59.1 Å². The molecule has 2 unspecified atom stereocenters. The van der Waals surface area contributed by atoms with Crippen molar-refractivity contribution in [3.8, 4) is 0 Å². The lowest BCUT2D eigenvalue weighted by molar-refractivity contribution is 0.0524. The zero-order valence-electron chi connectivity index (χ0n) is 13.8. The average molecular weight is 270 g/mol. The van der Waals surface area contributed by atoms with E-state index in [1.54, 1.807) is 0 Å².